The summed E-state index contributed by atoms with van der Waals surface area (Å²) in [7, 11) is 0. The highest BCUT2D eigenvalue weighted by molar-refractivity contribution is 8.00. The zero-order valence-corrected chi connectivity index (χ0v) is 10.8. The molecule has 92 valence electrons. The summed E-state index contributed by atoms with van der Waals surface area (Å²) >= 11 is 1.78. The first-order chi connectivity index (χ1) is 8.08. The molecule has 1 saturated heterocycles. The van der Waals surface area contributed by atoms with Gasteiger partial charge in [0.05, 0.1) is 11.7 Å². The maximum atomic E-state index is 10.9. The van der Waals surface area contributed by atoms with Crippen LogP contribution < -0.4 is 0 Å². The van der Waals surface area contributed by atoms with E-state index in [0.29, 0.717) is 10.8 Å². The number of benzene rings is 1. The molecule has 1 N–H and O–H groups in total. The minimum atomic E-state index is -0.864. The largest absolute Gasteiger partial charge is 0.478 e. The van der Waals surface area contributed by atoms with E-state index in [-0.39, 0.29) is 6.10 Å². The molecule has 0 bridgehead atoms. The van der Waals surface area contributed by atoms with Gasteiger partial charge in [-0.25, -0.2) is 4.79 Å². The molecule has 0 amide bonds. The second kappa shape index (κ2) is 5.10. The summed E-state index contributed by atoms with van der Waals surface area (Å²) in [6, 6.07) is 5.51. The quantitative estimate of drug-likeness (QED) is 0.898. The van der Waals surface area contributed by atoms with Gasteiger partial charge in [-0.15, -0.1) is 11.8 Å². The zero-order valence-electron chi connectivity index (χ0n) is 9.97. The first-order valence-electron chi connectivity index (χ1n) is 5.70. The molecule has 0 radical (unpaired) electrons. The van der Waals surface area contributed by atoms with E-state index in [4.69, 9.17) is 9.84 Å². The third-order valence-electron chi connectivity index (χ3n) is 3.02. The van der Waals surface area contributed by atoms with Crippen molar-refractivity contribution >= 4 is 17.7 Å². The second-order valence-electron chi connectivity index (χ2n) is 4.30. The molecule has 2 unspecified atom stereocenters. The van der Waals surface area contributed by atoms with Gasteiger partial charge in [-0.05, 0) is 44.0 Å². The Morgan fingerprint density at radius 3 is 2.82 bits per heavy atom. The molecule has 1 aliphatic heterocycles. The Morgan fingerprint density at radius 1 is 1.53 bits per heavy atom. The number of hydrogen-bond donors (Lipinski definition) is 1. The van der Waals surface area contributed by atoms with E-state index in [9.17, 15) is 4.79 Å². The fourth-order valence-electron chi connectivity index (χ4n) is 1.99. The molecule has 1 heterocycles. The molecule has 0 saturated carbocycles. The molecule has 0 aromatic heterocycles. The molecule has 0 spiro atoms. The van der Waals surface area contributed by atoms with Crippen molar-refractivity contribution in [2.45, 2.75) is 36.5 Å². The Hall–Kier alpha value is -1.00. The van der Waals surface area contributed by atoms with Crippen molar-refractivity contribution < 1.29 is 14.6 Å². The molecule has 4 heteroatoms. The van der Waals surface area contributed by atoms with Gasteiger partial charge in [0, 0.05) is 16.8 Å². The Bertz CT molecular complexity index is 431. The Balaban J connectivity index is 2.12. The van der Waals surface area contributed by atoms with Crippen LogP contribution in [0.25, 0.3) is 0 Å². The van der Waals surface area contributed by atoms with Gasteiger partial charge >= 0.3 is 5.97 Å². The van der Waals surface area contributed by atoms with Crippen molar-refractivity contribution in [1.29, 1.82) is 0 Å². The van der Waals surface area contributed by atoms with E-state index in [1.54, 1.807) is 17.8 Å². The summed E-state index contributed by atoms with van der Waals surface area (Å²) in [6.07, 6.45) is 1.34. The number of thioether (sulfide) groups is 1. The molecule has 2 atom stereocenters. The summed E-state index contributed by atoms with van der Waals surface area (Å²) in [4.78, 5) is 12.0. The lowest BCUT2D eigenvalue weighted by atomic mass is 10.1. The first kappa shape index (κ1) is 12.5. The van der Waals surface area contributed by atoms with E-state index in [1.165, 1.54) is 0 Å². The van der Waals surface area contributed by atoms with Crippen molar-refractivity contribution in [2.24, 2.45) is 0 Å². The summed E-state index contributed by atoms with van der Waals surface area (Å²) in [5.74, 6) is -0.864. The van der Waals surface area contributed by atoms with Gasteiger partial charge in [-0.1, -0.05) is 0 Å². The van der Waals surface area contributed by atoms with E-state index >= 15 is 0 Å². The molecule has 1 aromatic carbocycles. The molecule has 1 fully saturated rings. The van der Waals surface area contributed by atoms with Gasteiger partial charge in [0.15, 0.2) is 0 Å². The smallest absolute Gasteiger partial charge is 0.335 e. The standard InChI is InChI=1S/C13H16O3S/c1-8-7-10(3-4-11(8)13(14)15)17-12-5-6-16-9(12)2/h3-4,7,9,12H,5-6H2,1-2H3,(H,14,15). The molecule has 1 aliphatic rings. The third kappa shape index (κ3) is 2.82. The summed E-state index contributed by atoms with van der Waals surface area (Å²) in [5.41, 5.74) is 1.19. The van der Waals surface area contributed by atoms with Gasteiger partial charge in [-0.3, -0.25) is 0 Å². The maximum absolute atomic E-state index is 10.9. The SMILES string of the molecule is Cc1cc(SC2CCOC2C)ccc1C(=O)O. The van der Waals surface area contributed by atoms with Crippen molar-refractivity contribution in [3.8, 4) is 0 Å². The molecule has 1 aromatic rings. The van der Waals surface area contributed by atoms with E-state index in [0.717, 1.165) is 23.5 Å². The maximum Gasteiger partial charge on any atom is 0.335 e. The Kier molecular flexibility index (Phi) is 3.74. The molecule has 0 aliphatic carbocycles. The highest BCUT2D eigenvalue weighted by Gasteiger charge is 2.25. The Morgan fingerprint density at radius 2 is 2.29 bits per heavy atom. The predicted octanol–water partition coefficient (Wildman–Crippen LogP) is 2.96. The number of aromatic carboxylic acids is 1. The van der Waals surface area contributed by atoms with Gasteiger partial charge in [0.1, 0.15) is 0 Å². The number of hydrogen-bond acceptors (Lipinski definition) is 3. The summed E-state index contributed by atoms with van der Waals surface area (Å²) in [6.45, 7) is 4.75. The van der Waals surface area contributed by atoms with Crippen LogP contribution >= 0.6 is 11.8 Å². The number of rotatable bonds is 3. The molecular weight excluding hydrogens is 236 g/mol. The van der Waals surface area contributed by atoms with Crippen LogP contribution in [0.1, 0.15) is 29.3 Å². The average Bonchev–Trinajstić information content (AvgIpc) is 2.64. The van der Waals surface area contributed by atoms with Crippen LogP contribution in [0, 0.1) is 6.92 Å². The summed E-state index contributed by atoms with van der Waals surface area (Å²) < 4.78 is 5.51. The van der Waals surface area contributed by atoms with Crippen molar-refractivity contribution in [1.82, 2.24) is 0 Å². The highest BCUT2D eigenvalue weighted by Crippen LogP contribution is 2.33. The van der Waals surface area contributed by atoms with Gasteiger partial charge in [-0.2, -0.15) is 0 Å². The minimum Gasteiger partial charge on any atom is -0.478 e. The van der Waals surface area contributed by atoms with E-state index in [1.807, 2.05) is 19.1 Å². The fourth-order valence-corrected chi connectivity index (χ4v) is 3.22. The van der Waals surface area contributed by atoms with Crippen LogP contribution in [0.15, 0.2) is 23.1 Å². The number of carbonyl (C=O) groups is 1. The highest BCUT2D eigenvalue weighted by atomic mass is 32.2. The van der Waals surface area contributed by atoms with Crippen LogP contribution in [-0.2, 0) is 4.74 Å². The second-order valence-corrected chi connectivity index (χ2v) is 5.62. The zero-order chi connectivity index (χ0) is 12.4. The van der Waals surface area contributed by atoms with Crippen LogP contribution in [0.5, 0.6) is 0 Å². The lowest BCUT2D eigenvalue weighted by Crippen LogP contribution is -2.13. The predicted molar refractivity (Wildman–Crippen MR) is 67.8 cm³/mol. The number of carboxylic acid groups (broad SMARTS) is 1. The average molecular weight is 252 g/mol. The monoisotopic (exact) mass is 252 g/mol. The van der Waals surface area contributed by atoms with Crippen LogP contribution in [0.3, 0.4) is 0 Å². The third-order valence-corrected chi connectivity index (χ3v) is 4.47. The number of ether oxygens (including phenoxy) is 1. The lowest BCUT2D eigenvalue weighted by Gasteiger charge is -2.14. The van der Waals surface area contributed by atoms with Gasteiger partial charge < -0.3 is 9.84 Å². The Labute approximate surface area is 105 Å². The molecule has 2 rings (SSSR count). The van der Waals surface area contributed by atoms with Crippen LogP contribution in [0.2, 0.25) is 0 Å². The van der Waals surface area contributed by atoms with Crippen molar-refractivity contribution in [3.63, 3.8) is 0 Å². The van der Waals surface area contributed by atoms with Gasteiger partial charge in [0.25, 0.3) is 0 Å². The fraction of sp³-hybridized carbons (Fsp3) is 0.462. The van der Waals surface area contributed by atoms with Crippen LogP contribution in [-0.4, -0.2) is 29.0 Å². The molecular formula is C13H16O3S. The normalized spacial score (nSPS) is 23.9. The number of aryl methyl sites for hydroxylation is 1. The number of carboxylic acids is 1. The van der Waals surface area contributed by atoms with E-state index < -0.39 is 5.97 Å². The van der Waals surface area contributed by atoms with Crippen molar-refractivity contribution in [2.75, 3.05) is 6.61 Å². The van der Waals surface area contributed by atoms with E-state index in [2.05, 4.69) is 6.92 Å². The van der Waals surface area contributed by atoms with Crippen LogP contribution in [0.4, 0.5) is 0 Å². The molecule has 17 heavy (non-hydrogen) atoms. The lowest BCUT2D eigenvalue weighted by molar-refractivity contribution is 0.0696. The minimum absolute atomic E-state index is 0.277. The first-order valence-corrected chi connectivity index (χ1v) is 6.58. The molecule has 3 nitrogen and oxygen atoms in total. The van der Waals surface area contributed by atoms with Crippen molar-refractivity contribution in [3.05, 3.63) is 29.3 Å². The van der Waals surface area contributed by atoms with Gasteiger partial charge in [0.2, 0.25) is 0 Å². The summed E-state index contributed by atoms with van der Waals surface area (Å²) in [5, 5.41) is 9.43. The topological polar surface area (TPSA) is 46.5 Å².